The standard InChI is InChI=1S/C5H11NS2.BrH/c1-3-6(4-2)5(7)8;/h3-4H2,1-2H3,(H,7,8);1H. The van der Waals surface area contributed by atoms with E-state index in [1.165, 1.54) is 0 Å². The second kappa shape index (κ2) is 6.83. The second-order valence-corrected chi connectivity index (χ2v) is 2.57. The van der Waals surface area contributed by atoms with Gasteiger partial charge >= 0.3 is 0 Å². The molecule has 0 aliphatic rings. The van der Waals surface area contributed by atoms with E-state index in [4.69, 9.17) is 12.2 Å². The van der Waals surface area contributed by atoms with Crippen molar-refractivity contribution in [2.75, 3.05) is 13.1 Å². The van der Waals surface area contributed by atoms with Crippen LogP contribution in [0.25, 0.3) is 0 Å². The second-order valence-electron chi connectivity index (χ2n) is 1.45. The van der Waals surface area contributed by atoms with Crippen LogP contribution < -0.4 is 0 Å². The van der Waals surface area contributed by atoms with Gasteiger partial charge in [0.1, 0.15) is 4.32 Å². The Bertz CT molecular complexity index is 83.0. The van der Waals surface area contributed by atoms with Crippen molar-refractivity contribution in [3.8, 4) is 0 Å². The topological polar surface area (TPSA) is 3.24 Å². The molecule has 9 heavy (non-hydrogen) atoms. The molecule has 0 unspecified atom stereocenters. The van der Waals surface area contributed by atoms with Crippen molar-refractivity contribution >= 4 is 46.1 Å². The van der Waals surface area contributed by atoms with Gasteiger partial charge in [-0.1, -0.05) is 12.2 Å². The molecule has 4 heteroatoms. The molecule has 0 fully saturated rings. The Labute approximate surface area is 78.0 Å². The lowest BCUT2D eigenvalue weighted by atomic mass is 10.6. The Balaban J connectivity index is 0. The maximum absolute atomic E-state index is 4.81. The third-order valence-corrected chi connectivity index (χ3v) is 1.58. The molecule has 0 saturated carbocycles. The fraction of sp³-hybridized carbons (Fsp3) is 0.800. The zero-order chi connectivity index (χ0) is 6.57. The summed E-state index contributed by atoms with van der Waals surface area (Å²) >= 11 is 8.82. The zero-order valence-corrected chi connectivity index (χ0v) is 9.05. The molecule has 0 radical (unpaired) electrons. The normalized spacial score (nSPS) is 7.89. The molecule has 0 amide bonds. The molecule has 0 heterocycles. The predicted molar refractivity (Wildman–Crippen MR) is 54.8 cm³/mol. The molecule has 0 aromatic carbocycles. The molecule has 56 valence electrons. The number of rotatable bonds is 2. The predicted octanol–water partition coefficient (Wildman–Crippen LogP) is 2.12. The van der Waals surface area contributed by atoms with Crippen LogP contribution in [-0.4, -0.2) is 22.3 Å². The Kier molecular flexibility index (Phi) is 9.42. The molecule has 0 rings (SSSR count). The van der Waals surface area contributed by atoms with E-state index in [2.05, 4.69) is 26.5 Å². The smallest absolute Gasteiger partial charge is 0.133 e. The third-order valence-electron chi connectivity index (χ3n) is 1.03. The van der Waals surface area contributed by atoms with Gasteiger partial charge in [-0.15, -0.1) is 29.6 Å². The molecule has 0 aliphatic carbocycles. The maximum atomic E-state index is 4.81. The molecular weight excluding hydrogens is 218 g/mol. The lowest BCUT2D eigenvalue weighted by Gasteiger charge is -2.16. The van der Waals surface area contributed by atoms with Gasteiger partial charge < -0.3 is 4.90 Å². The highest BCUT2D eigenvalue weighted by atomic mass is 79.9. The number of thiol groups is 1. The first-order valence-corrected chi connectivity index (χ1v) is 3.55. The van der Waals surface area contributed by atoms with Crippen molar-refractivity contribution in [2.45, 2.75) is 13.8 Å². The van der Waals surface area contributed by atoms with Crippen LogP contribution in [0.3, 0.4) is 0 Å². The first kappa shape index (κ1) is 12.4. The highest BCUT2D eigenvalue weighted by molar-refractivity contribution is 8.93. The van der Waals surface area contributed by atoms with Crippen LogP contribution in [0.4, 0.5) is 0 Å². The van der Waals surface area contributed by atoms with E-state index >= 15 is 0 Å². The summed E-state index contributed by atoms with van der Waals surface area (Å²) in [6.07, 6.45) is 0. The van der Waals surface area contributed by atoms with E-state index in [0.29, 0.717) is 4.32 Å². The van der Waals surface area contributed by atoms with E-state index in [-0.39, 0.29) is 17.0 Å². The van der Waals surface area contributed by atoms with Crippen LogP contribution in [0.2, 0.25) is 0 Å². The van der Waals surface area contributed by atoms with E-state index in [1.54, 1.807) is 0 Å². The Hall–Kier alpha value is 0.720. The minimum atomic E-state index is 0. The van der Waals surface area contributed by atoms with Gasteiger partial charge in [0.25, 0.3) is 0 Å². The Morgan fingerprint density at radius 1 is 1.44 bits per heavy atom. The van der Waals surface area contributed by atoms with Crippen LogP contribution in [0.15, 0.2) is 0 Å². The molecular formula is C5H12BrNS2. The molecule has 0 aromatic heterocycles. The Morgan fingerprint density at radius 2 is 1.78 bits per heavy atom. The van der Waals surface area contributed by atoms with E-state index in [9.17, 15) is 0 Å². The summed E-state index contributed by atoms with van der Waals surface area (Å²) in [7, 11) is 0. The van der Waals surface area contributed by atoms with Crippen molar-refractivity contribution in [1.29, 1.82) is 0 Å². The third kappa shape index (κ3) is 5.18. The molecule has 0 aromatic rings. The molecule has 0 N–H and O–H groups in total. The van der Waals surface area contributed by atoms with Crippen molar-refractivity contribution in [3.63, 3.8) is 0 Å². The molecule has 0 bridgehead atoms. The van der Waals surface area contributed by atoms with Crippen LogP contribution in [-0.2, 0) is 0 Å². The molecule has 0 atom stereocenters. The van der Waals surface area contributed by atoms with Gasteiger partial charge in [-0.25, -0.2) is 0 Å². The lowest BCUT2D eigenvalue weighted by Crippen LogP contribution is -2.24. The summed E-state index contributed by atoms with van der Waals surface area (Å²) in [5.41, 5.74) is 0. The molecule has 0 aliphatic heterocycles. The van der Waals surface area contributed by atoms with Crippen molar-refractivity contribution in [3.05, 3.63) is 0 Å². The summed E-state index contributed by atoms with van der Waals surface area (Å²) < 4.78 is 0.690. The number of halogens is 1. The number of hydrogen-bond donors (Lipinski definition) is 1. The van der Waals surface area contributed by atoms with Crippen LogP contribution in [0.5, 0.6) is 0 Å². The van der Waals surface area contributed by atoms with Gasteiger partial charge in [-0.05, 0) is 13.8 Å². The zero-order valence-electron chi connectivity index (χ0n) is 5.63. The summed E-state index contributed by atoms with van der Waals surface area (Å²) in [6.45, 7) is 6.04. The fourth-order valence-corrected chi connectivity index (χ4v) is 1.04. The van der Waals surface area contributed by atoms with E-state index in [1.807, 2.05) is 4.90 Å². The van der Waals surface area contributed by atoms with E-state index in [0.717, 1.165) is 13.1 Å². The van der Waals surface area contributed by atoms with Gasteiger partial charge in [-0.3, -0.25) is 0 Å². The van der Waals surface area contributed by atoms with Crippen LogP contribution in [0.1, 0.15) is 13.8 Å². The monoisotopic (exact) mass is 229 g/mol. The van der Waals surface area contributed by atoms with Crippen molar-refractivity contribution in [2.24, 2.45) is 0 Å². The minimum Gasteiger partial charge on any atom is -0.358 e. The minimum absolute atomic E-state index is 0. The van der Waals surface area contributed by atoms with Gasteiger partial charge in [0, 0.05) is 13.1 Å². The van der Waals surface area contributed by atoms with Gasteiger partial charge in [0.05, 0.1) is 0 Å². The van der Waals surface area contributed by atoms with Crippen LogP contribution >= 0.6 is 41.8 Å². The van der Waals surface area contributed by atoms with Gasteiger partial charge in [0.15, 0.2) is 0 Å². The largest absolute Gasteiger partial charge is 0.358 e. The van der Waals surface area contributed by atoms with Crippen molar-refractivity contribution < 1.29 is 0 Å². The van der Waals surface area contributed by atoms with E-state index < -0.39 is 0 Å². The summed E-state index contributed by atoms with van der Waals surface area (Å²) in [5, 5.41) is 0. The average molecular weight is 230 g/mol. The first-order valence-electron chi connectivity index (χ1n) is 2.70. The summed E-state index contributed by atoms with van der Waals surface area (Å²) in [6, 6.07) is 0. The molecule has 0 saturated heterocycles. The highest BCUT2D eigenvalue weighted by Gasteiger charge is 1.96. The number of nitrogens with zero attached hydrogens (tertiary/aromatic N) is 1. The molecule has 0 spiro atoms. The lowest BCUT2D eigenvalue weighted by molar-refractivity contribution is 0.482. The van der Waals surface area contributed by atoms with Crippen molar-refractivity contribution in [1.82, 2.24) is 4.90 Å². The maximum Gasteiger partial charge on any atom is 0.133 e. The molecule has 1 nitrogen and oxygen atoms in total. The highest BCUT2D eigenvalue weighted by Crippen LogP contribution is 1.93. The Morgan fingerprint density at radius 3 is 1.78 bits per heavy atom. The SMILES string of the molecule is Br.CCN(CC)C(=S)S. The summed E-state index contributed by atoms with van der Waals surface area (Å²) in [5.74, 6) is 0. The van der Waals surface area contributed by atoms with Gasteiger partial charge in [-0.2, -0.15) is 0 Å². The number of thiocarbonyl (C=S) groups is 1. The van der Waals surface area contributed by atoms with Gasteiger partial charge in [0.2, 0.25) is 0 Å². The first-order chi connectivity index (χ1) is 3.72. The summed E-state index contributed by atoms with van der Waals surface area (Å²) in [4.78, 5) is 2.01. The quantitative estimate of drug-likeness (QED) is 0.571. The average Bonchev–Trinajstić information content (AvgIpc) is 1.69. The number of hydrogen-bond acceptors (Lipinski definition) is 1. The van der Waals surface area contributed by atoms with Crippen LogP contribution in [0, 0.1) is 0 Å². The fourth-order valence-electron chi connectivity index (χ4n) is 0.494.